The van der Waals surface area contributed by atoms with Gasteiger partial charge in [0.2, 0.25) is 0 Å². The van der Waals surface area contributed by atoms with Crippen molar-refractivity contribution in [3.05, 3.63) is 0 Å². The van der Waals surface area contributed by atoms with Crippen LogP contribution in [-0.4, -0.2) is 17.5 Å². The molecule has 0 radical (unpaired) electrons. The highest BCUT2D eigenvalue weighted by atomic mass is 32.1. The average Bonchev–Trinajstić information content (AvgIpc) is 2.23. The van der Waals surface area contributed by atoms with Crippen molar-refractivity contribution < 1.29 is 0 Å². The van der Waals surface area contributed by atoms with E-state index in [2.05, 4.69) is 37.2 Å². The van der Waals surface area contributed by atoms with E-state index in [0.29, 0.717) is 6.04 Å². The van der Waals surface area contributed by atoms with Crippen LogP contribution in [0.4, 0.5) is 0 Å². The topological polar surface area (TPSA) is 12.4 Å². The van der Waals surface area contributed by atoms with Crippen molar-refractivity contribution in [2.45, 2.75) is 70.6 Å². The van der Waals surface area contributed by atoms with Gasteiger partial charge in [-0.3, -0.25) is 4.99 Å². The van der Waals surface area contributed by atoms with Gasteiger partial charge in [0.15, 0.2) is 0 Å². The van der Waals surface area contributed by atoms with Crippen LogP contribution in [0.25, 0.3) is 0 Å². The van der Waals surface area contributed by atoms with Crippen LogP contribution in [-0.2, 0) is 0 Å². The molecule has 0 bridgehead atoms. The molecular formula is C14H25NS. The molecule has 3 unspecified atom stereocenters. The zero-order chi connectivity index (χ0) is 11.8. The summed E-state index contributed by atoms with van der Waals surface area (Å²) in [7, 11) is 0. The monoisotopic (exact) mass is 239 g/mol. The van der Waals surface area contributed by atoms with E-state index in [9.17, 15) is 0 Å². The van der Waals surface area contributed by atoms with Gasteiger partial charge in [-0.2, -0.15) is 0 Å². The van der Waals surface area contributed by atoms with E-state index in [1.54, 1.807) is 0 Å². The first-order valence-electron chi connectivity index (χ1n) is 6.62. The van der Waals surface area contributed by atoms with E-state index in [0.717, 1.165) is 17.6 Å². The maximum absolute atomic E-state index is 4.61. The highest BCUT2D eigenvalue weighted by molar-refractivity contribution is 7.90. The van der Waals surface area contributed by atoms with E-state index in [1.807, 2.05) is 11.2 Å². The standard InChI is InChI=1S/C14H25NS/c1-4-12(2)7-8-13(3)15-10-5-6-14-9-11-16-14/h10,12-14H,4-9H2,1-3H3. The molecule has 0 amide bonds. The lowest BCUT2D eigenvalue weighted by atomic mass is 10.0. The second-order valence-electron chi connectivity index (χ2n) is 4.94. The van der Waals surface area contributed by atoms with Gasteiger partial charge in [-0.15, -0.1) is 11.2 Å². The minimum Gasteiger partial charge on any atom is -0.295 e. The van der Waals surface area contributed by atoms with Crippen LogP contribution < -0.4 is 0 Å². The molecule has 0 aromatic carbocycles. The molecule has 0 aliphatic carbocycles. The van der Waals surface area contributed by atoms with Crippen molar-refractivity contribution >= 4 is 17.4 Å². The Bertz CT molecular complexity index is 274. The predicted molar refractivity (Wildman–Crippen MR) is 75.8 cm³/mol. The lowest BCUT2D eigenvalue weighted by molar-refractivity contribution is 0.470. The van der Waals surface area contributed by atoms with Crippen molar-refractivity contribution in [1.29, 1.82) is 0 Å². The minimum atomic E-state index is 0.515. The molecule has 16 heavy (non-hydrogen) atoms. The Morgan fingerprint density at radius 3 is 2.75 bits per heavy atom. The van der Waals surface area contributed by atoms with E-state index < -0.39 is 0 Å². The first-order valence-corrected chi connectivity index (χ1v) is 7.50. The van der Waals surface area contributed by atoms with Gasteiger partial charge in [-0.1, -0.05) is 25.5 Å². The van der Waals surface area contributed by atoms with E-state index in [1.165, 1.54) is 32.1 Å². The third kappa shape index (κ3) is 5.67. The van der Waals surface area contributed by atoms with Crippen molar-refractivity contribution in [1.82, 2.24) is 0 Å². The quantitative estimate of drug-likeness (QED) is 0.552. The van der Waals surface area contributed by atoms with Gasteiger partial charge in [0.05, 0.1) is 0 Å². The third-order valence-electron chi connectivity index (χ3n) is 3.31. The summed E-state index contributed by atoms with van der Waals surface area (Å²) in [6.45, 7) is 6.83. The van der Waals surface area contributed by atoms with Crippen molar-refractivity contribution in [3.8, 4) is 5.18 Å². The normalized spacial score (nSPS) is 22.8. The molecule has 2 heteroatoms. The maximum atomic E-state index is 4.61. The minimum absolute atomic E-state index is 0.515. The van der Waals surface area contributed by atoms with E-state index >= 15 is 0 Å². The van der Waals surface area contributed by atoms with Gasteiger partial charge in [0.25, 0.3) is 0 Å². The molecule has 0 fully saturated rings. The van der Waals surface area contributed by atoms with Gasteiger partial charge in [-0.25, -0.2) is 0 Å². The Hall–Kier alpha value is -0.330. The van der Waals surface area contributed by atoms with Crippen LogP contribution in [0.3, 0.4) is 0 Å². The van der Waals surface area contributed by atoms with E-state index in [-0.39, 0.29) is 0 Å². The SMILES string of the molecule is CCC(C)CCC(C)N=CCCC1CC#S1. The Kier molecular flexibility index (Phi) is 6.75. The van der Waals surface area contributed by atoms with E-state index in [4.69, 9.17) is 0 Å². The highest BCUT2D eigenvalue weighted by Crippen LogP contribution is 2.19. The average molecular weight is 239 g/mol. The fourth-order valence-electron chi connectivity index (χ4n) is 1.68. The summed E-state index contributed by atoms with van der Waals surface area (Å²) in [5.41, 5.74) is 0. The first-order chi connectivity index (χ1) is 7.72. The number of aliphatic imine (C=N–C) groups is 1. The summed E-state index contributed by atoms with van der Waals surface area (Å²) in [5.74, 6) is 0.857. The molecule has 1 heterocycles. The molecule has 0 N–H and O–H groups in total. The summed E-state index contributed by atoms with van der Waals surface area (Å²) in [6.07, 6.45) is 9.60. The van der Waals surface area contributed by atoms with Crippen LogP contribution in [0.5, 0.6) is 0 Å². The zero-order valence-corrected chi connectivity index (χ0v) is 11.7. The third-order valence-corrected chi connectivity index (χ3v) is 4.38. The Labute approximate surface area is 104 Å². The fourth-order valence-corrected chi connectivity index (χ4v) is 2.34. The largest absolute Gasteiger partial charge is 0.295 e. The zero-order valence-electron chi connectivity index (χ0n) is 10.9. The molecule has 92 valence electrons. The smallest absolute Gasteiger partial charge is 0.0467 e. The lowest BCUT2D eigenvalue weighted by Crippen LogP contribution is -2.05. The second-order valence-corrected chi connectivity index (χ2v) is 6.13. The van der Waals surface area contributed by atoms with Gasteiger partial charge in [-0.05, 0) is 44.7 Å². The number of rotatable bonds is 8. The number of hydrogen-bond donors (Lipinski definition) is 0. The van der Waals surface area contributed by atoms with Crippen molar-refractivity contribution in [2.24, 2.45) is 10.9 Å². The Balaban J connectivity index is 2.01. The number of hydrogen-bond acceptors (Lipinski definition) is 1. The lowest BCUT2D eigenvalue weighted by Gasteiger charge is -2.12. The Morgan fingerprint density at radius 1 is 1.44 bits per heavy atom. The molecule has 0 spiro atoms. The summed E-state index contributed by atoms with van der Waals surface area (Å²) >= 11 is 1.87. The molecule has 0 saturated heterocycles. The molecule has 3 atom stereocenters. The molecule has 0 aromatic rings. The van der Waals surface area contributed by atoms with Gasteiger partial charge in [0, 0.05) is 17.7 Å². The fraction of sp³-hybridized carbons (Fsp3) is 0.857. The predicted octanol–water partition coefficient (Wildman–Crippen LogP) is 4.52. The van der Waals surface area contributed by atoms with Crippen LogP contribution in [0.2, 0.25) is 0 Å². The maximum Gasteiger partial charge on any atom is 0.0467 e. The summed E-state index contributed by atoms with van der Waals surface area (Å²) in [6, 6.07) is 0.515. The number of nitrogens with zero attached hydrogens (tertiary/aromatic N) is 1. The van der Waals surface area contributed by atoms with Crippen molar-refractivity contribution in [3.63, 3.8) is 0 Å². The summed E-state index contributed by atoms with van der Waals surface area (Å²) in [4.78, 5) is 4.61. The van der Waals surface area contributed by atoms with Crippen molar-refractivity contribution in [2.75, 3.05) is 0 Å². The van der Waals surface area contributed by atoms with Gasteiger partial charge in [0.1, 0.15) is 0 Å². The van der Waals surface area contributed by atoms with Crippen LogP contribution in [0, 0.1) is 11.1 Å². The van der Waals surface area contributed by atoms with Gasteiger partial charge < -0.3 is 0 Å². The molecule has 1 aliphatic rings. The Morgan fingerprint density at radius 2 is 2.19 bits per heavy atom. The molecule has 1 rings (SSSR count). The highest BCUT2D eigenvalue weighted by Gasteiger charge is 2.08. The molecule has 1 aliphatic heterocycles. The van der Waals surface area contributed by atoms with Crippen LogP contribution in [0.15, 0.2) is 4.99 Å². The van der Waals surface area contributed by atoms with Gasteiger partial charge >= 0.3 is 0 Å². The molecule has 0 saturated carbocycles. The van der Waals surface area contributed by atoms with Crippen LogP contribution >= 0.6 is 11.2 Å². The summed E-state index contributed by atoms with van der Waals surface area (Å²) < 4.78 is 0. The first kappa shape index (κ1) is 13.7. The second kappa shape index (κ2) is 7.86. The van der Waals surface area contributed by atoms with Crippen LogP contribution in [0.1, 0.15) is 59.3 Å². The summed E-state index contributed by atoms with van der Waals surface area (Å²) in [5, 5.41) is 4.06. The molecule has 1 nitrogen and oxygen atoms in total. The molecule has 0 aromatic heterocycles. The molecular weight excluding hydrogens is 214 g/mol.